The molecular formula is C23H20F2O3. The van der Waals surface area contributed by atoms with Gasteiger partial charge in [0.1, 0.15) is 5.75 Å². The van der Waals surface area contributed by atoms with Crippen molar-refractivity contribution in [1.82, 2.24) is 0 Å². The third-order valence-electron chi connectivity index (χ3n) is 4.41. The van der Waals surface area contributed by atoms with E-state index in [9.17, 15) is 13.6 Å². The third kappa shape index (κ3) is 5.43. The molecule has 144 valence electrons. The van der Waals surface area contributed by atoms with Gasteiger partial charge < -0.3 is 9.47 Å². The molecule has 0 radical (unpaired) electrons. The minimum absolute atomic E-state index is 0.110. The van der Waals surface area contributed by atoms with Gasteiger partial charge in [-0.05, 0) is 67.6 Å². The number of hydrogen-bond donors (Lipinski definition) is 0. The highest BCUT2D eigenvalue weighted by Gasteiger charge is 2.25. The molecule has 0 heterocycles. The molecule has 1 aliphatic rings. The number of benzene rings is 2. The largest absolute Gasteiger partial charge is 0.463 e. The van der Waals surface area contributed by atoms with Crippen LogP contribution in [0.4, 0.5) is 8.78 Å². The fourth-order valence-electron chi connectivity index (χ4n) is 3.01. The summed E-state index contributed by atoms with van der Waals surface area (Å²) in [6, 6.07) is 14.2. The van der Waals surface area contributed by atoms with Gasteiger partial charge in [-0.25, -0.2) is 4.79 Å². The van der Waals surface area contributed by atoms with Crippen molar-refractivity contribution in [3.05, 3.63) is 76.9 Å². The maximum atomic E-state index is 12.2. The van der Waals surface area contributed by atoms with Crippen molar-refractivity contribution in [3.8, 4) is 17.6 Å². The Morgan fingerprint density at radius 2 is 1.86 bits per heavy atom. The van der Waals surface area contributed by atoms with Crippen molar-refractivity contribution in [2.24, 2.45) is 0 Å². The predicted octanol–water partition coefficient (Wildman–Crippen LogP) is 5.05. The van der Waals surface area contributed by atoms with Crippen molar-refractivity contribution >= 4 is 5.97 Å². The molecule has 0 aliphatic heterocycles. The van der Waals surface area contributed by atoms with E-state index in [1.54, 1.807) is 25.1 Å². The summed E-state index contributed by atoms with van der Waals surface area (Å²) in [6.45, 7) is -0.661. The first-order valence-electron chi connectivity index (χ1n) is 9.06. The number of hydrogen-bond acceptors (Lipinski definition) is 3. The Balaban J connectivity index is 1.62. The van der Waals surface area contributed by atoms with Gasteiger partial charge >= 0.3 is 12.6 Å². The summed E-state index contributed by atoms with van der Waals surface area (Å²) >= 11 is 0. The molecule has 2 aromatic carbocycles. The SMILES string of the molecule is CCOC(=O)C=C1CC(c2cccc(C#Cc3ccc(OC(F)F)cc3)c2)C1. The number of allylic oxidation sites excluding steroid dienone is 1. The number of ether oxygens (including phenoxy) is 2. The summed E-state index contributed by atoms with van der Waals surface area (Å²) in [5.74, 6) is 6.34. The minimum Gasteiger partial charge on any atom is -0.463 e. The van der Waals surface area contributed by atoms with Crippen LogP contribution in [-0.4, -0.2) is 19.2 Å². The normalized spacial score (nSPS) is 15.3. The Morgan fingerprint density at radius 1 is 1.14 bits per heavy atom. The maximum absolute atomic E-state index is 12.2. The molecule has 0 aromatic heterocycles. The number of alkyl halides is 2. The van der Waals surface area contributed by atoms with E-state index in [4.69, 9.17) is 4.74 Å². The maximum Gasteiger partial charge on any atom is 0.387 e. The van der Waals surface area contributed by atoms with Crippen LogP contribution in [0.2, 0.25) is 0 Å². The molecule has 28 heavy (non-hydrogen) atoms. The number of halogens is 2. The van der Waals surface area contributed by atoms with Crippen LogP contribution in [0, 0.1) is 11.8 Å². The van der Waals surface area contributed by atoms with Crippen molar-refractivity contribution in [3.63, 3.8) is 0 Å². The van der Waals surface area contributed by atoms with Gasteiger partial charge in [0.05, 0.1) is 6.61 Å². The first kappa shape index (κ1) is 19.6. The van der Waals surface area contributed by atoms with Gasteiger partial charge in [-0.1, -0.05) is 29.5 Å². The molecule has 0 saturated heterocycles. The molecule has 3 rings (SSSR count). The van der Waals surface area contributed by atoms with Crippen LogP contribution in [0.25, 0.3) is 0 Å². The monoisotopic (exact) mass is 382 g/mol. The molecule has 0 amide bonds. The van der Waals surface area contributed by atoms with Crippen LogP contribution in [0.15, 0.2) is 60.2 Å². The molecular weight excluding hydrogens is 362 g/mol. The Bertz CT molecular complexity index is 913. The van der Waals surface area contributed by atoms with E-state index in [1.165, 1.54) is 17.7 Å². The van der Waals surface area contributed by atoms with E-state index in [0.717, 1.165) is 29.5 Å². The zero-order chi connectivity index (χ0) is 19.9. The van der Waals surface area contributed by atoms with E-state index in [-0.39, 0.29) is 11.7 Å². The third-order valence-corrected chi connectivity index (χ3v) is 4.41. The number of rotatable bonds is 5. The molecule has 0 atom stereocenters. The molecule has 3 nitrogen and oxygen atoms in total. The summed E-state index contributed by atoms with van der Waals surface area (Å²) in [5, 5.41) is 0. The molecule has 1 aliphatic carbocycles. The number of esters is 1. The summed E-state index contributed by atoms with van der Waals surface area (Å²) in [6.07, 6.45) is 3.29. The fourth-order valence-corrected chi connectivity index (χ4v) is 3.01. The smallest absolute Gasteiger partial charge is 0.387 e. The Hall–Kier alpha value is -3.13. The molecule has 0 bridgehead atoms. The second-order valence-electron chi connectivity index (χ2n) is 6.44. The number of carbonyl (C=O) groups excluding carboxylic acids is 1. The quantitative estimate of drug-likeness (QED) is 0.412. The van der Waals surface area contributed by atoms with Crippen molar-refractivity contribution in [2.45, 2.75) is 32.3 Å². The van der Waals surface area contributed by atoms with E-state index >= 15 is 0 Å². The highest BCUT2D eigenvalue weighted by Crippen LogP contribution is 2.41. The summed E-state index contributed by atoms with van der Waals surface area (Å²) in [4.78, 5) is 11.5. The molecule has 5 heteroatoms. The Labute approximate surface area is 163 Å². The molecule has 2 aromatic rings. The minimum atomic E-state index is -2.83. The van der Waals surface area contributed by atoms with Gasteiger partial charge in [-0.3, -0.25) is 0 Å². The standard InChI is InChI=1S/C23H20F2O3/c1-2-27-22(26)15-18-13-20(14-18)19-5-3-4-17(12-19)7-6-16-8-10-21(11-9-16)28-23(24)25/h3-5,8-12,15,20,23H,2,13-14H2,1H3. The average molecular weight is 382 g/mol. The van der Waals surface area contributed by atoms with Crippen molar-refractivity contribution in [2.75, 3.05) is 6.61 Å². The summed E-state index contributed by atoms with van der Waals surface area (Å²) < 4.78 is 33.6. The second kappa shape index (κ2) is 9.18. The zero-order valence-electron chi connectivity index (χ0n) is 15.5. The van der Waals surface area contributed by atoms with E-state index in [1.807, 2.05) is 18.2 Å². The second-order valence-corrected chi connectivity index (χ2v) is 6.44. The summed E-state index contributed by atoms with van der Waals surface area (Å²) in [7, 11) is 0. The Morgan fingerprint density at radius 3 is 2.54 bits per heavy atom. The molecule has 0 unspecified atom stereocenters. The fraction of sp³-hybridized carbons (Fsp3) is 0.261. The zero-order valence-corrected chi connectivity index (χ0v) is 15.5. The highest BCUT2D eigenvalue weighted by atomic mass is 19.3. The van der Waals surface area contributed by atoms with Crippen molar-refractivity contribution < 1.29 is 23.0 Å². The topological polar surface area (TPSA) is 35.5 Å². The lowest BCUT2D eigenvalue weighted by atomic mass is 9.75. The van der Waals surface area contributed by atoms with Crippen LogP contribution in [0.5, 0.6) is 5.75 Å². The average Bonchev–Trinajstić information content (AvgIpc) is 2.64. The lowest BCUT2D eigenvalue weighted by molar-refractivity contribution is -0.137. The van der Waals surface area contributed by atoms with E-state index in [2.05, 4.69) is 22.6 Å². The first-order chi connectivity index (χ1) is 13.5. The molecule has 1 fully saturated rings. The first-order valence-corrected chi connectivity index (χ1v) is 9.06. The van der Waals surface area contributed by atoms with Gasteiger partial charge in [0.25, 0.3) is 0 Å². The van der Waals surface area contributed by atoms with E-state index < -0.39 is 6.61 Å². The number of carbonyl (C=O) groups is 1. The van der Waals surface area contributed by atoms with Gasteiger partial charge in [-0.2, -0.15) is 8.78 Å². The molecule has 0 N–H and O–H groups in total. The van der Waals surface area contributed by atoms with Gasteiger partial charge in [-0.15, -0.1) is 0 Å². The summed E-state index contributed by atoms with van der Waals surface area (Å²) in [5.41, 5.74) is 3.89. The van der Waals surface area contributed by atoms with E-state index in [0.29, 0.717) is 12.5 Å². The van der Waals surface area contributed by atoms with Crippen LogP contribution in [0.1, 0.15) is 42.4 Å². The molecule has 0 spiro atoms. The highest BCUT2D eigenvalue weighted by molar-refractivity contribution is 5.83. The van der Waals surface area contributed by atoms with Gasteiger partial charge in [0, 0.05) is 17.2 Å². The van der Waals surface area contributed by atoms with Crippen LogP contribution in [-0.2, 0) is 9.53 Å². The van der Waals surface area contributed by atoms with Crippen LogP contribution < -0.4 is 4.74 Å². The van der Waals surface area contributed by atoms with Crippen LogP contribution >= 0.6 is 0 Å². The van der Waals surface area contributed by atoms with Gasteiger partial charge in [0.15, 0.2) is 0 Å². The Kier molecular flexibility index (Phi) is 6.44. The van der Waals surface area contributed by atoms with Gasteiger partial charge in [0.2, 0.25) is 0 Å². The predicted molar refractivity (Wildman–Crippen MR) is 102 cm³/mol. The van der Waals surface area contributed by atoms with Crippen molar-refractivity contribution in [1.29, 1.82) is 0 Å². The molecule has 1 saturated carbocycles. The van der Waals surface area contributed by atoms with Crippen LogP contribution in [0.3, 0.4) is 0 Å². The lowest BCUT2D eigenvalue weighted by Gasteiger charge is -2.29. The lowest BCUT2D eigenvalue weighted by Crippen LogP contribution is -2.15.